The third-order valence-corrected chi connectivity index (χ3v) is 6.49. The smallest absolute Gasteiger partial charge is 0.223 e. The molecule has 4 aromatic rings. The largest absolute Gasteiger partial charge is 0.332 e. The van der Waals surface area contributed by atoms with E-state index in [9.17, 15) is 4.79 Å². The van der Waals surface area contributed by atoms with E-state index in [2.05, 4.69) is 73.0 Å². The molecule has 4 rings (SSSR count). The molecule has 182 valence electrons. The van der Waals surface area contributed by atoms with Crippen molar-refractivity contribution in [2.45, 2.75) is 45.7 Å². The summed E-state index contributed by atoms with van der Waals surface area (Å²) in [6.45, 7) is 6.24. The van der Waals surface area contributed by atoms with Crippen molar-refractivity contribution in [2.75, 3.05) is 13.1 Å². The zero-order valence-electron chi connectivity index (χ0n) is 20.8. The van der Waals surface area contributed by atoms with Gasteiger partial charge in [-0.05, 0) is 48.6 Å². The van der Waals surface area contributed by atoms with Crippen LogP contribution in [0, 0.1) is 5.92 Å². The molecule has 0 aliphatic rings. The third-order valence-electron chi connectivity index (χ3n) is 6.49. The van der Waals surface area contributed by atoms with Gasteiger partial charge in [0.25, 0.3) is 0 Å². The SMILES string of the molecule is CC(C)[C@H](c1nc2ccccc2n1Cc1ccccc1)N(CCCN)C(=O)CCc1ccccc1. The van der Waals surface area contributed by atoms with Crippen LogP contribution in [0.2, 0.25) is 0 Å². The number of benzene rings is 3. The van der Waals surface area contributed by atoms with Crippen LogP contribution in [0.1, 0.15) is 49.7 Å². The fourth-order valence-corrected chi connectivity index (χ4v) is 4.77. The van der Waals surface area contributed by atoms with E-state index >= 15 is 0 Å². The lowest BCUT2D eigenvalue weighted by Crippen LogP contribution is -2.40. The number of aryl methyl sites for hydroxylation is 1. The highest BCUT2D eigenvalue weighted by Gasteiger charge is 2.32. The zero-order valence-corrected chi connectivity index (χ0v) is 20.8. The van der Waals surface area contributed by atoms with Gasteiger partial charge >= 0.3 is 0 Å². The summed E-state index contributed by atoms with van der Waals surface area (Å²) < 4.78 is 2.29. The van der Waals surface area contributed by atoms with Gasteiger partial charge in [-0.1, -0.05) is 86.6 Å². The van der Waals surface area contributed by atoms with Gasteiger partial charge in [-0.3, -0.25) is 4.79 Å². The number of aromatic nitrogens is 2. The summed E-state index contributed by atoms with van der Waals surface area (Å²) in [6, 6.07) is 28.8. The Morgan fingerprint density at radius 2 is 1.54 bits per heavy atom. The van der Waals surface area contributed by atoms with Gasteiger partial charge in [0, 0.05) is 19.5 Å². The lowest BCUT2D eigenvalue weighted by atomic mass is 9.99. The van der Waals surface area contributed by atoms with E-state index in [1.807, 2.05) is 35.2 Å². The molecule has 1 aromatic heterocycles. The molecule has 1 heterocycles. The van der Waals surface area contributed by atoms with Crippen LogP contribution >= 0.6 is 0 Å². The van der Waals surface area contributed by atoms with Gasteiger partial charge in [-0.2, -0.15) is 0 Å². The Bertz CT molecular complexity index is 1220. The number of carbonyl (C=O) groups is 1. The Morgan fingerprint density at radius 1 is 0.914 bits per heavy atom. The van der Waals surface area contributed by atoms with Crippen LogP contribution in [0.3, 0.4) is 0 Å². The molecule has 0 aliphatic heterocycles. The van der Waals surface area contributed by atoms with E-state index in [4.69, 9.17) is 10.7 Å². The lowest BCUT2D eigenvalue weighted by Gasteiger charge is -2.35. The van der Waals surface area contributed by atoms with E-state index in [0.717, 1.165) is 29.7 Å². The Labute approximate surface area is 208 Å². The Morgan fingerprint density at radius 3 is 2.20 bits per heavy atom. The van der Waals surface area contributed by atoms with Crippen LogP contribution in [-0.2, 0) is 17.8 Å². The summed E-state index contributed by atoms with van der Waals surface area (Å²) in [7, 11) is 0. The molecule has 5 nitrogen and oxygen atoms in total. The Kier molecular flexibility index (Phi) is 8.32. The van der Waals surface area contributed by atoms with Crippen molar-refractivity contribution in [3.63, 3.8) is 0 Å². The van der Waals surface area contributed by atoms with Crippen molar-refractivity contribution in [3.8, 4) is 0 Å². The first-order chi connectivity index (χ1) is 17.1. The fraction of sp³-hybridized carbons (Fsp3) is 0.333. The van der Waals surface area contributed by atoms with E-state index in [1.165, 1.54) is 11.1 Å². The van der Waals surface area contributed by atoms with Gasteiger partial charge in [-0.25, -0.2) is 4.98 Å². The van der Waals surface area contributed by atoms with Gasteiger partial charge in [0.1, 0.15) is 5.82 Å². The number of fused-ring (bicyclic) bond motifs is 1. The minimum Gasteiger partial charge on any atom is -0.332 e. The molecular formula is C30H36N4O. The summed E-state index contributed by atoms with van der Waals surface area (Å²) in [5.74, 6) is 1.29. The molecule has 0 bridgehead atoms. The minimum absolute atomic E-state index is 0.138. The molecule has 0 unspecified atom stereocenters. The fourth-order valence-electron chi connectivity index (χ4n) is 4.77. The number of hydrogen-bond donors (Lipinski definition) is 1. The van der Waals surface area contributed by atoms with Crippen molar-refractivity contribution in [1.82, 2.24) is 14.5 Å². The number of nitrogens with two attached hydrogens (primary N) is 1. The van der Waals surface area contributed by atoms with Gasteiger partial charge in [-0.15, -0.1) is 0 Å². The molecule has 1 amide bonds. The Hall–Kier alpha value is -3.44. The molecule has 0 saturated heterocycles. The van der Waals surface area contributed by atoms with E-state index < -0.39 is 0 Å². The number of amides is 1. The monoisotopic (exact) mass is 468 g/mol. The summed E-state index contributed by atoms with van der Waals surface area (Å²) in [4.78, 5) is 20.8. The molecule has 0 radical (unpaired) electrons. The van der Waals surface area contributed by atoms with Crippen molar-refractivity contribution in [1.29, 1.82) is 0 Å². The van der Waals surface area contributed by atoms with Crippen LogP contribution in [0.15, 0.2) is 84.9 Å². The Balaban J connectivity index is 1.72. The average Bonchev–Trinajstić information content (AvgIpc) is 3.23. The maximum atomic E-state index is 13.7. The van der Waals surface area contributed by atoms with Crippen LogP contribution in [0.5, 0.6) is 0 Å². The van der Waals surface area contributed by atoms with Crippen molar-refractivity contribution < 1.29 is 4.79 Å². The molecule has 2 N–H and O–H groups in total. The highest BCUT2D eigenvalue weighted by atomic mass is 16.2. The highest BCUT2D eigenvalue weighted by Crippen LogP contribution is 2.32. The minimum atomic E-state index is -0.138. The summed E-state index contributed by atoms with van der Waals surface area (Å²) >= 11 is 0. The second kappa shape index (κ2) is 11.8. The molecule has 35 heavy (non-hydrogen) atoms. The topological polar surface area (TPSA) is 64.2 Å². The van der Waals surface area contributed by atoms with Crippen molar-refractivity contribution in [2.24, 2.45) is 11.7 Å². The molecule has 0 aliphatic carbocycles. The lowest BCUT2D eigenvalue weighted by molar-refractivity contribution is -0.135. The van der Waals surface area contributed by atoms with Gasteiger partial charge in [0.05, 0.1) is 17.1 Å². The standard InChI is InChI=1S/C30H36N4O/c1-23(2)29(33(21-11-20-31)28(35)19-18-24-12-5-3-6-13-24)30-32-26-16-9-10-17-27(26)34(30)22-25-14-7-4-8-15-25/h3-10,12-17,23,29H,11,18-22,31H2,1-2H3/t29-/m1/s1. The average molecular weight is 469 g/mol. The quantitative estimate of drug-likeness (QED) is 0.312. The predicted molar refractivity (Wildman–Crippen MR) is 143 cm³/mol. The second-order valence-corrected chi connectivity index (χ2v) is 9.43. The molecule has 3 aromatic carbocycles. The summed E-state index contributed by atoms with van der Waals surface area (Å²) in [6.07, 6.45) is 1.96. The third kappa shape index (κ3) is 5.98. The summed E-state index contributed by atoms with van der Waals surface area (Å²) in [5, 5.41) is 0. The number of nitrogens with zero attached hydrogens (tertiary/aromatic N) is 3. The molecule has 1 atom stereocenters. The summed E-state index contributed by atoms with van der Waals surface area (Å²) in [5.41, 5.74) is 10.3. The number of para-hydroxylation sites is 2. The number of hydrogen-bond acceptors (Lipinski definition) is 3. The van der Waals surface area contributed by atoms with Gasteiger partial charge in [0.2, 0.25) is 5.91 Å². The van der Waals surface area contributed by atoms with Crippen LogP contribution in [-0.4, -0.2) is 33.4 Å². The van der Waals surface area contributed by atoms with E-state index in [1.54, 1.807) is 0 Å². The molecular weight excluding hydrogens is 432 g/mol. The van der Waals surface area contributed by atoms with Crippen molar-refractivity contribution in [3.05, 3.63) is 102 Å². The van der Waals surface area contributed by atoms with Crippen LogP contribution in [0.4, 0.5) is 0 Å². The highest BCUT2D eigenvalue weighted by molar-refractivity contribution is 5.78. The van der Waals surface area contributed by atoms with Gasteiger partial charge < -0.3 is 15.2 Å². The molecule has 5 heteroatoms. The molecule has 0 spiro atoms. The number of rotatable bonds is 11. The van der Waals surface area contributed by atoms with E-state index in [-0.39, 0.29) is 17.9 Å². The first kappa shape index (κ1) is 24.7. The normalized spacial score (nSPS) is 12.2. The first-order valence-corrected chi connectivity index (χ1v) is 12.6. The molecule has 0 fully saturated rings. The number of imidazole rings is 1. The van der Waals surface area contributed by atoms with E-state index in [0.29, 0.717) is 26.1 Å². The predicted octanol–water partition coefficient (Wildman–Crippen LogP) is 5.59. The van der Waals surface area contributed by atoms with Crippen LogP contribution in [0.25, 0.3) is 11.0 Å². The maximum absolute atomic E-state index is 13.7. The van der Waals surface area contributed by atoms with Crippen molar-refractivity contribution >= 4 is 16.9 Å². The first-order valence-electron chi connectivity index (χ1n) is 12.6. The maximum Gasteiger partial charge on any atom is 0.223 e. The van der Waals surface area contributed by atoms with Crippen LogP contribution < -0.4 is 5.73 Å². The second-order valence-electron chi connectivity index (χ2n) is 9.43. The van der Waals surface area contributed by atoms with Gasteiger partial charge in [0.15, 0.2) is 0 Å². The molecule has 0 saturated carbocycles. The number of carbonyl (C=O) groups excluding carboxylic acids is 1. The zero-order chi connectivity index (χ0) is 24.6.